The van der Waals surface area contributed by atoms with E-state index in [1.807, 2.05) is 6.92 Å². The van der Waals surface area contributed by atoms with E-state index < -0.39 is 0 Å². The van der Waals surface area contributed by atoms with Gasteiger partial charge in [0, 0.05) is 18.7 Å². The third kappa shape index (κ3) is 4.30. The predicted octanol–water partition coefficient (Wildman–Crippen LogP) is 2.31. The van der Waals surface area contributed by atoms with E-state index in [1.54, 1.807) is 18.2 Å². The summed E-state index contributed by atoms with van der Waals surface area (Å²) >= 11 is 0. The van der Waals surface area contributed by atoms with E-state index >= 15 is 0 Å². The zero-order valence-electron chi connectivity index (χ0n) is 14.0. The fraction of sp³-hybridized carbons (Fsp3) is 0.611. The van der Waals surface area contributed by atoms with Gasteiger partial charge in [-0.2, -0.15) is 0 Å². The van der Waals surface area contributed by atoms with Gasteiger partial charge in [-0.3, -0.25) is 9.69 Å². The molecule has 1 saturated heterocycles. The van der Waals surface area contributed by atoms with Gasteiger partial charge in [0.05, 0.1) is 6.04 Å². The van der Waals surface area contributed by atoms with Crippen LogP contribution in [0, 0.1) is 11.2 Å². The molecule has 1 unspecified atom stereocenters. The number of nitrogens with one attached hydrogen (secondary N) is 1. The van der Waals surface area contributed by atoms with Crippen LogP contribution < -0.4 is 5.32 Å². The molecule has 0 saturated carbocycles. The minimum Gasteiger partial charge on any atom is -0.396 e. The van der Waals surface area contributed by atoms with Gasteiger partial charge in [0.2, 0.25) is 5.91 Å². The summed E-state index contributed by atoms with van der Waals surface area (Å²) in [5.41, 5.74) is 0.511. The lowest BCUT2D eigenvalue weighted by atomic mass is 9.76. The van der Waals surface area contributed by atoms with Gasteiger partial charge in [0.15, 0.2) is 0 Å². The second kappa shape index (κ2) is 7.88. The first-order chi connectivity index (χ1) is 11.0. The van der Waals surface area contributed by atoms with Crippen molar-refractivity contribution in [1.82, 2.24) is 10.2 Å². The fourth-order valence-electron chi connectivity index (χ4n) is 3.15. The molecule has 23 heavy (non-hydrogen) atoms. The second-order valence-electron chi connectivity index (χ2n) is 6.53. The predicted molar refractivity (Wildman–Crippen MR) is 88.3 cm³/mol. The number of rotatable bonds is 6. The van der Waals surface area contributed by atoms with Crippen molar-refractivity contribution >= 4 is 5.91 Å². The zero-order valence-corrected chi connectivity index (χ0v) is 14.0. The van der Waals surface area contributed by atoms with Crippen molar-refractivity contribution < 1.29 is 14.3 Å². The van der Waals surface area contributed by atoms with Crippen LogP contribution in [0.2, 0.25) is 0 Å². The van der Waals surface area contributed by atoms with Crippen LogP contribution in [-0.4, -0.2) is 41.7 Å². The topological polar surface area (TPSA) is 52.6 Å². The average Bonchev–Trinajstić information content (AvgIpc) is 2.60. The van der Waals surface area contributed by atoms with Crippen molar-refractivity contribution in [1.29, 1.82) is 0 Å². The summed E-state index contributed by atoms with van der Waals surface area (Å²) in [6.07, 6.45) is 2.78. The SMILES string of the molecule is CCC1(CO)CCN(C(C)C(=O)NCc2ccccc2F)CC1. The summed E-state index contributed by atoms with van der Waals surface area (Å²) in [4.78, 5) is 14.4. The van der Waals surface area contributed by atoms with Gasteiger partial charge in [-0.1, -0.05) is 25.1 Å². The van der Waals surface area contributed by atoms with Crippen molar-refractivity contribution in [3.63, 3.8) is 0 Å². The molecule has 1 heterocycles. The number of nitrogens with zero attached hydrogens (tertiary/aromatic N) is 1. The van der Waals surface area contributed by atoms with Gasteiger partial charge in [-0.25, -0.2) is 4.39 Å². The highest BCUT2D eigenvalue weighted by molar-refractivity contribution is 5.81. The number of piperidine rings is 1. The van der Waals surface area contributed by atoms with Crippen LogP contribution in [0.25, 0.3) is 0 Å². The molecule has 128 valence electrons. The highest BCUT2D eigenvalue weighted by Crippen LogP contribution is 2.34. The van der Waals surface area contributed by atoms with E-state index in [0.29, 0.717) is 5.56 Å². The number of aliphatic hydroxyl groups is 1. The van der Waals surface area contributed by atoms with E-state index in [0.717, 1.165) is 32.4 Å². The molecule has 0 aliphatic carbocycles. The van der Waals surface area contributed by atoms with Crippen molar-refractivity contribution in [2.75, 3.05) is 19.7 Å². The number of amides is 1. The third-order valence-electron chi connectivity index (χ3n) is 5.28. The maximum absolute atomic E-state index is 13.6. The minimum atomic E-state index is -0.297. The van der Waals surface area contributed by atoms with Crippen LogP contribution in [0.15, 0.2) is 24.3 Å². The summed E-state index contributed by atoms with van der Waals surface area (Å²) < 4.78 is 13.6. The number of hydrogen-bond acceptors (Lipinski definition) is 3. The van der Waals surface area contributed by atoms with E-state index in [4.69, 9.17) is 0 Å². The van der Waals surface area contributed by atoms with Gasteiger partial charge < -0.3 is 10.4 Å². The maximum Gasteiger partial charge on any atom is 0.237 e. The lowest BCUT2D eigenvalue weighted by molar-refractivity contribution is -0.127. The molecule has 2 rings (SSSR count). The smallest absolute Gasteiger partial charge is 0.237 e. The number of aliphatic hydroxyl groups excluding tert-OH is 1. The number of benzene rings is 1. The van der Waals surface area contributed by atoms with Gasteiger partial charge in [-0.05, 0) is 50.8 Å². The molecule has 1 aromatic carbocycles. The van der Waals surface area contributed by atoms with Crippen LogP contribution in [0.4, 0.5) is 4.39 Å². The summed E-state index contributed by atoms with van der Waals surface area (Å²) in [5.74, 6) is -0.379. The lowest BCUT2D eigenvalue weighted by Crippen LogP contribution is -2.50. The first-order valence-corrected chi connectivity index (χ1v) is 8.37. The molecular weight excluding hydrogens is 295 g/mol. The van der Waals surface area contributed by atoms with Crippen LogP contribution in [0.3, 0.4) is 0 Å². The summed E-state index contributed by atoms with van der Waals surface area (Å²) in [6.45, 7) is 6.03. The molecule has 1 aliphatic rings. The maximum atomic E-state index is 13.6. The summed E-state index contributed by atoms with van der Waals surface area (Å²) in [6, 6.07) is 6.23. The third-order valence-corrected chi connectivity index (χ3v) is 5.28. The highest BCUT2D eigenvalue weighted by atomic mass is 19.1. The Labute approximate surface area is 137 Å². The zero-order chi connectivity index (χ0) is 16.9. The van der Waals surface area contributed by atoms with E-state index in [9.17, 15) is 14.3 Å². The number of likely N-dealkylation sites (tertiary alicyclic amines) is 1. The van der Waals surface area contributed by atoms with E-state index in [1.165, 1.54) is 6.07 Å². The second-order valence-corrected chi connectivity index (χ2v) is 6.53. The fourth-order valence-corrected chi connectivity index (χ4v) is 3.15. The Bertz CT molecular complexity index is 522. The number of carbonyl (C=O) groups excluding carboxylic acids is 1. The Balaban J connectivity index is 1.85. The molecule has 5 heteroatoms. The Hall–Kier alpha value is -1.46. The normalized spacial score (nSPS) is 19.3. The molecule has 0 spiro atoms. The molecule has 1 amide bonds. The summed E-state index contributed by atoms with van der Waals surface area (Å²) in [7, 11) is 0. The van der Waals surface area contributed by atoms with Crippen molar-refractivity contribution in [2.45, 2.75) is 45.7 Å². The monoisotopic (exact) mass is 322 g/mol. The molecule has 0 bridgehead atoms. The first-order valence-electron chi connectivity index (χ1n) is 8.37. The molecule has 0 aromatic heterocycles. The lowest BCUT2D eigenvalue weighted by Gasteiger charge is -2.42. The van der Waals surface area contributed by atoms with E-state index in [-0.39, 0.29) is 36.3 Å². The van der Waals surface area contributed by atoms with Crippen LogP contribution in [0.5, 0.6) is 0 Å². The quantitative estimate of drug-likeness (QED) is 0.845. The number of carbonyl (C=O) groups is 1. The number of hydrogen-bond donors (Lipinski definition) is 2. The molecule has 1 fully saturated rings. The van der Waals surface area contributed by atoms with Crippen molar-refractivity contribution in [3.8, 4) is 0 Å². The first kappa shape index (κ1) is 17.9. The van der Waals surface area contributed by atoms with Crippen molar-refractivity contribution in [3.05, 3.63) is 35.6 Å². The Kier molecular flexibility index (Phi) is 6.13. The van der Waals surface area contributed by atoms with Crippen LogP contribution in [-0.2, 0) is 11.3 Å². The molecule has 2 N–H and O–H groups in total. The molecule has 1 aromatic rings. The van der Waals surface area contributed by atoms with Gasteiger partial charge in [0.1, 0.15) is 5.82 Å². The number of halogens is 1. The Morgan fingerprint density at radius 3 is 2.61 bits per heavy atom. The summed E-state index contributed by atoms with van der Waals surface area (Å²) in [5, 5.41) is 12.4. The van der Waals surface area contributed by atoms with Crippen molar-refractivity contribution in [2.24, 2.45) is 5.41 Å². The Morgan fingerprint density at radius 1 is 1.39 bits per heavy atom. The average molecular weight is 322 g/mol. The highest BCUT2D eigenvalue weighted by Gasteiger charge is 2.35. The largest absolute Gasteiger partial charge is 0.396 e. The minimum absolute atomic E-state index is 0.0138. The molecule has 0 radical (unpaired) electrons. The Morgan fingerprint density at radius 2 is 2.04 bits per heavy atom. The van der Waals surface area contributed by atoms with Gasteiger partial charge in [0.25, 0.3) is 0 Å². The van der Waals surface area contributed by atoms with Crippen LogP contribution >= 0.6 is 0 Å². The molecule has 1 atom stereocenters. The molecular formula is C18H27FN2O2. The molecule has 4 nitrogen and oxygen atoms in total. The standard InChI is InChI=1S/C18H27FN2O2/c1-3-18(13-22)8-10-21(11-9-18)14(2)17(23)20-12-15-6-4-5-7-16(15)19/h4-7,14,22H,3,8-13H2,1-2H3,(H,20,23). The van der Waals surface area contributed by atoms with Crippen LogP contribution in [0.1, 0.15) is 38.7 Å². The van der Waals surface area contributed by atoms with Gasteiger partial charge in [-0.15, -0.1) is 0 Å². The van der Waals surface area contributed by atoms with Gasteiger partial charge >= 0.3 is 0 Å². The molecule has 1 aliphatic heterocycles. The van der Waals surface area contributed by atoms with E-state index in [2.05, 4.69) is 17.1 Å².